The molecule has 1 aromatic heterocycles. The highest BCUT2D eigenvalue weighted by Crippen LogP contribution is 2.18. The number of rotatable bonds is 9. The first-order chi connectivity index (χ1) is 13.1. The molecule has 1 aliphatic heterocycles. The Bertz CT molecular complexity index is 627. The quantitative estimate of drug-likeness (QED) is 0.681. The van der Waals surface area contributed by atoms with Crippen LogP contribution in [-0.2, 0) is 9.53 Å². The molecule has 1 N–H and O–H groups in total. The zero-order valence-electron chi connectivity index (χ0n) is 16.0. The van der Waals surface area contributed by atoms with Crippen molar-refractivity contribution in [2.24, 2.45) is 0 Å². The summed E-state index contributed by atoms with van der Waals surface area (Å²) < 4.78 is 5.37. The molecule has 0 spiro atoms. The molecular formula is C19H29N5O3. The molecule has 0 unspecified atom stereocenters. The number of hydrogen-bond donors (Lipinski definition) is 1. The number of nitrogens with one attached hydrogen (secondary N) is 1. The highest BCUT2D eigenvalue weighted by atomic mass is 16.5. The van der Waals surface area contributed by atoms with Crippen LogP contribution < -0.4 is 5.32 Å². The van der Waals surface area contributed by atoms with Gasteiger partial charge in [-0.25, -0.2) is 4.98 Å². The summed E-state index contributed by atoms with van der Waals surface area (Å²) >= 11 is 0. The number of nitrogens with zero attached hydrogens (tertiary/aromatic N) is 4. The maximum Gasteiger partial charge on any atom is 0.274 e. The summed E-state index contributed by atoms with van der Waals surface area (Å²) in [5.74, 6) is -0.151. The lowest BCUT2D eigenvalue weighted by Gasteiger charge is -2.28. The Hall–Kier alpha value is -2.06. The third-order valence-electron chi connectivity index (χ3n) is 4.84. The van der Waals surface area contributed by atoms with Gasteiger partial charge in [0.15, 0.2) is 0 Å². The Balaban J connectivity index is 1.53. The molecule has 1 aromatic rings. The second-order valence-electron chi connectivity index (χ2n) is 7.23. The van der Waals surface area contributed by atoms with Crippen LogP contribution in [0.5, 0.6) is 0 Å². The van der Waals surface area contributed by atoms with Gasteiger partial charge in [-0.1, -0.05) is 0 Å². The molecule has 8 heteroatoms. The van der Waals surface area contributed by atoms with Crippen LogP contribution in [0.15, 0.2) is 12.4 Å². The third-order valence-corrected chi connectivity index (χ3v) is 4.84. The van der Waals surface area contributed by atoms with Crippen LogP contribution in [0.25, 0.3) is 0 Å². The number of carbonyl (C=O) groups is 2. The van der Waals surface area contributed by atoms with Crippen molar-refractivity contribution in [2.75, 3.05) is 45.9 Å². The largest absolute Gasteiger partial charge is 0.379 e. The van der Waals surface area contributed by atoms with Gasteiger partial charge in [0.05, 0.1) is 25.1 Å². The highest BCUT2D eigenvalue weighted by Gasteiger charge is 2.24. The van der Waals surface area contributed by atoms with Gasteiger partial charge < -0.3 is 15.0 Å². The van der Waals surface area contributed by atoms with Gasteiger partial charge in [-0.05, 0) is 26.2 Å². The average Bonchev–Trinajstić information content (AvgIpc) is 3.49. The standard InChI is InChI=1S/C19H29N5O3/c1-15-13-21-17(14-20-15)19(26)24(8-5-18(25)22-16-3-4-16)7-2-6-23-9-11-27-12-10-23/h13-14,16H,2-12H2,1H3,(H,22,25). The number of carbonyl (C=O) groups excluding carboxylic acids is 2. The fraction of sp³-hybridized carbons (Fsp3) is 0.684. The van der Waals surface area contributed by atoms with Crippen LogP contribution in [0.3, 0.4) is 0 Å². The first kappa shape index (κ1) is 19.7. The number of aromatic nitrogens is 2. The Morgan fingerprint density at radius 3 is 2.67 bits per heavy atom. The van der Waals surface area contributed by atoms with Crippen LogP contribution >= 0.6 is 0 Å². The minimum absolute atomic E-state index is 0.0125. The maximum absolute atomic E-state index is 12.8. The molecule has 0 aromatic carbocycles. The van der Waals surface area contributed by atoms with Gasteiger partial charge in [-0.3, -0.25) is 19.5 Å². The summed E-state index contributed by atoms with van der Waals surface area (Å²) in [5.41, 5.74) is 1.10. The van der Waals surface area contributed by atoms with Crippen molar-refractivity contribution in [1.29, 1.82) is 0 Å². The lowest BCUT2D eigenvalue weighted by atomic mass is 10.2. The number of ether oxygens (including phenoxy) is 1. The first-order valence-electron chi connectivity index (χ1n) is 9.79. The molecule has 27 heavy (non-hydrogen) atoms. The van der Waals surface area contributed by atoms with Crippen molar-refractivity contribution in [3.8, 4) is 0 Å². The molecule has 148 valence electrons. The van der Waals surface area contributed by atoms with E-state index in [0.29, 0.717) is 31.2 Å². The zero-order valence-corrected chi connectivity index (χ0v) is 16.0. The molecule has 8 nitrogen and oxygen atoms in total. The van der Waals surface area contributed by atoms with E-state index in [4.69, 9.17) is 4.74 Å². The molecule has 2 aliphatic rings. The van der Waals surface area contributed by atoms with Crippen LogP contribution in [-0.4, -0.2) is 83.6 Å². The van der Waals surface area contributed by atoms with Gasteiger partial charge in [-0.2, -0.15) is 0 Å². The van der Waals surface area contributed by atoms with Crippen molar-refractivity contribution >= 4 is 11.8 Å². The fourth-order valence-electron chi connectivity index (χ4n) is 3.05. The molecule has 1 aliphatic carbocycles. The van der Waals surface area contributed by atoms with Crippen molar-refractivity contribution in [2.45, 2.75) is 38.6 Å². The van der Waals surface area contributed by atoms with E-state index in [1.807, 2.05) is 6.92 Å². The van der Waals surface area contributed by atoms with E-state index >= 15 is 0 Å². The SMILES string of the molecule is Cc1cnc(C(=O)N(CCCN2CCOCC2)CCC(=O)NC2CC2)cn1. The van der Waals surface area contributed by atoms with Crippen LogP contribution in [0.1, 0.15) is 41.9 Å². The zero-order chi connectivity index (χ0) is 19.1. The molecule has 3 rings (SSSR count). The summed E-state index contributed by atoms with van der Waals surface area (Å²) in [5, 5.41) is 2.98. The molecule has 1 saturated carbocycles. The van der Waals surface area contributed by atoms with Gasteiger partial charge in [-0.15, -0.1) is 0 Å². The van der Waals surface area contributed by atoms with Gasteiger partial charge in [0.25, 0.3) is 5.91 Å². The van der Waals surface area contributed by atoms with Crippen LogP contribution in [0, 0.1) is 6.92 Å². The monoisotopic (exact) mass is 375 g/mol. The highest BCUT2D eigenvalue weighted by molar-refractivity contribution is 5.92. The van der Waals surface area contributed by atoms with Crippen molar-refractivity contribution in [3.63, 3.8) is 0 Å². The van der Waals surface area contributed by atoms with Crippen molar-refractivity contribution < 1.29 is 14.3 Å². The topological polar surface area (TPSA) is 87.7 Å². The predicted octanol–water partition coefficient (Wildman–Crippen LogP) is 0.618. The summed E-state index contributed by atoms with van der Waals surface area (Å²) in [7, 11) is 0. The van der Waals surface area contributed by atoms with Gasteiger partial charge in [0.2, 0.25) is 5.91 Å². The van der Waals surface area contributed by atoms with E-state index in [0.717, 1.165) is 57.8 Å². The molecular weight excluding hydrogens is 346 g/mol. The van der Waals surface area contributed by atoms with Gasteiger partial charge in [0.1, 0.15) is 5.69 Å². The molecule has 2 heterocycles. The van der Waals surface area contributed by atoms with E-state index in [1.54, 1.807) is 11.1 Å². The maximum atomic E-state index is 12.8. The second kappa shape index (κ2) is 9.75. The van der Waals surface area contributed by atoms with E-state index in [1.165, 1.54) is 6.20 Å². The van der Waals surface area contributed by atoms with Crippen molar-refractivity contribution in [1.82, 2.24) is 25.1 Å². The molecule has 0 atom stereocenters. The summed E-state index contributed by atoms with van der Waals surface area (Å²) in [6.07, 6.45) is 6.41. The minimum Gasteiger partial charge on any atom is -0.379 e. The van der Waals surface area contributed by atoms with E-state index < -0.39 is 0 Å². The summed E-state index contributed by atoms with van der Waals surface area (Å²) in [6.45, 7) is 7.15. The number of morpholine rings is 1. The van der Waals surface area contributed by atoms with Crippen LogP contribution in [0.2, 0.25) is 0 Å². The molecule has 1 saturated heterocycles. The lowest BCUT2D eigenvalue weighted by Crippen LogP contribution is -2.40. The Morgan fingerprint density at radius 1 is 1.22 bits per heavy atom. The summed E-state index contributed by atoms with van der Waals surface area (Å²) in [6, 6.07) is 0.339. The molecule has 2 fully saturated rings. The average molecular weight is 375 g/mol. The smallest absolute Gasteiger partial charge is 0.274 e. The van der Waals surface area contributed by atoms with E-state index in [-0.39, 0.29) is 11.8 Å². The van der Waals surface area contributed by atoms with Gasteiger partial charge in [0, 0.05) is 51.4 Å². The number of amides is 2. The molecule has 0 bridgehead atoms. The van der Waals surface area contributed by atoms with Crippen molar-refractivity contribution in [3.05, 3.63) is 23.8 Å². The van der Waals surface area contributed by atoms with E-state index in [2.05, 4.69) is 20.2 Å². The van der Waals surface area contributed by atoms with E-state index in [9.17, 15) is 9.59 Å². The second-order valence-corrected chi connectivity index (χ2v) is 7.23. The normalized spacial score (nSPS) is 17.5. The number of aryl methyl sites for hydroxylation is 1. The minimum atomic E-state index is -0.163. The molecule has 2 amide bonds. The first-order valence-corrected chi connectivity index (χ1v) is 9.79. The number of hydrogen-bond acceptors (Lipinski definition) is 6. The molecule has 0 radical (unpaired) electrons. The Labute approximate surface area is 160 Å². The lowest BCUT2D eigenvalue weighted by molar-refractivity contribution is -0.121. The predicted molar refractivity (Wildman–Crippen MR) is 100 cm³/mol. The Kier molecular flexibility index (Phi) is 7.11. The third kappa shape index (κ3) is 6.55. The van der Waals surface area contributed by atoms with Gasteiger partial charge >= 0.3 is 0 Å². The van der Waals surface area contributed by atoms with Crippen LogP contribution in [0.4, 0.5) is 0 Å². The fourth-order valence-corrected chi connectivity index (χ4v) is 3.05. The Morgan fingerprint density at radius 2 is 2.00 bits per heavy atom. The summed E-state index contributed by atoms with van der Waals surface area (Å²) in [4.78, 5) is 37.3.